The van der Waals surface area contributed by atoms with Gasteiger partial charge >= 0.3 is 0 Å². The van der Waals surface area contributed by atoms with Crippen LogP contribution in [0.15, 0.2) is 22.7 Å². The summed E-state index contributed by atoms with van der Waals surface area (Å²) in [6.07, 6.45) is 5.33. The molecule has 0 bridgehead atoms. The van der Waals surface area contributed by atoms with Gasteiger partial charge in [-0.3, -0.25) is 0 Å². The van der Waals surface area contributed by atoms with Crippen LogP contribution in [0.4, 0.5) is 0 Å². The average Bonchev–Trinajstić information content (AvgIpc) is 3.14. The van der Waals surface area contributed by atoms with E-state index >= 15 is 0 Å². The highest BCUT2D eigenvalue weighted by molar-refractivity contribution is 9.10. The topological polar surface area (TPSA) is 17.8 Å². The van der Waals surface area contributed by atoms with Crippen molar-refractivity contribution in [3.8, 4) is 0 Å². The van der Waals surface area contributed by atoms with E-state index in [9.17, 15) is 0 Å². The van der Waals surface area contributed by atoms with Crippen LogP contribution in [0.2, 0.25) is 0 Å². The molecule has 1 heterocycles. The average molecular weight is 277 g/mol. The number of imidazole rings is 1. The lowest BCUT2D eigenvalue weighted by molar-refractivity contribution is 0.703. The van der Waals surface area contributed by atoms with Crippen molar-refractivity contribution in [2.45, 2.75) is 37.6 Å². The number of hydrogen-bond donors (Lipinski definition) is 0. The van der Waals surface area contributed by atoms with Crippen LogP contribution in [0.25, 0.3) is 11.0 Å². The fourth-order valence-electron chi connectivity index (χ4n) is 2.44. The molecule has 1 aromatic carbocycles. The van der Waals surface area contributed by atoms with E-state index in [0.717, 1.165) is 21.9 Å². The van der Waals surface area contributed by atoms with E-state index in [1.807, 2.05) is 0 Å². The van der Waals surface area contributed by atoms with E-state index in [0.29, 0.717) is 0 Å². The molecule has 2 aromatic rings. The summed E-state index contributed by atoms with van der Waals surface area (Å²) in [6.45, 7) is 0. The van der Waals surface area contributed by atoms with Crippen molar-refractivity contribution < 1.29 is 0 Å². The number of rotatable bonds is 2. The van der Waals surface area contributed by atoms with Gasteiger partial charge in [0.2, 0.25) is 0 Å². The lowest BCUT2D eigenvalue weighted by Crippen LogP contribution is -1.99. The van der Waals surface area contributed by atoms with Gasteiger partial charge in [-0.15, -0.1) is 0 Å². The predicted molar refractivity (Wildman–Crippen MR) is 67.7 cm³/mol. The minimum Gasteiger partial charge on any atom is -0.325 e. The van der Waals surface area contributed by atoms with Crippen LogP contribution >= 0.6 is 15.9 Å². The third-order valence-electron chi connectivity index (χ3n) is 3.53. The van der Waals surface area contributed by atoms with Crippen LogP contribution in [-0.2, 0) is 0 Å². The Morgan fingerprint density at radius 3 is 2.69 bits per heavy atom. The molecular weight excluding hydrogens is 264 g/mol. The van der Waals surface area contributed by atoms with Crippen molar-refractivity contribution in [3.63, 3.8) is 0 Å². The smallest absolute Gasteiger partial charge is 0.113 e. The Kier molecular flexibility index (Phi) is 1.79. The summed E-state index contributed by atoms with van der Waals surface area (Å²) in [5, 5.41) is 0. The van der Waals surface area contributed by atoms with Crippen molar-refractivity contribution in [2.24, 2.45) is 0 Å². The Morgan fingerprint density at radius 1 is 1.19 bits per heavy atom. The molecule has 0 N–H and O–H groups in total. The highest BCUT2D eigenvalue weighted by Crippen LogP contribution is 2.46. The van der Waals surface area contributed by atoms with Gasteiger partial charge < -0.3 is 4.57 Å². The maximum Gasteiger partial charge on any atom is 0.113 e. The van der Waals surface area contributed by atoms with Crippen LogP contribution in [0.1, 0.15) is 43.5 Å². The third-order valence-corrected chi connectivity index (χ3v) is 4.03. The van der Waals surface area contributed by atoms with Crippen LogP contribution in [0, 0.1) is 0 Å². The number of nitrogens with zero attached hydrogens (tertiary/aromatic N) is 2. The van der Waals surface area contributed by atoms with E-state index in [2.05, 4.69) is 38.7 Å². The maximum atomic E-state index is 4.83. The molecular formula is C13H13BrN2. The zero-order valence-electron chi connectivity index (χ0n) is 8.99. The monoisotopic (exact) mass is 276 g/mol. The number of halogens is 1. The summed E-state index contributed by atoms with van der Waals surface area (Å²) in [6, 6.07) is 7.21. The van der Waals surface area contributed by atoms with Gasteiger partial charge in [0.05, 0.1) is 11.0 Å². The molecule has 2 aliphatic carbocycles. The Labute approximate surface area is 103 Å². The van der Waals surface area contributed by atoms with Crippen LogP contribution < -0.4 is 0 Å². The zero-order chi connectivity index (χ0) is 10.7. The number of hydrogen-bond acceptors (Lipinski definition) is 1. The second kappa shape index (κ2) is 3.10. The minimum atomic E-state index is 0.738. The number of benzene rings is 1. The quantitative estimate of drug-likeness (QED) is 0.811. The van der Waals surface area contributed by atoms with Gasteiger partial charge in [0.25, 0.3) is 0 Å². The van der Waals surface area contributed by atoms with Gasteiger partial charge in [-0.05, 0) is 43.9 Å². The molecule has 0 atom stereocenters. The Hall–Kier alpha value is -0.830. The first-order valence-corrected chi connectivity index (χ1v) is 6.79. The summed E-state index contributed by atoms with van der Waals surface area (Å²) in [5.74, 6) is 2.09. The third kappa shape index (κ3) is 1.34. The van der Waals surface area contributed by atoms with E-state index in [1.165, 1.54) is 37.0 Å². The molecule has 2 nitrogen and oxygen atoms in total. The highest BCUT2D eigenvalue weighted by atomic mass is 79.9. The van der Waals surface area contributed by atoms with Crippen LogP contribution in [0.3, 0.4) is 0 Å². The summed E-state index contributed by atoms with van der Waals surface area (Å²) in [4.78, 5) is 4.83. The first-order valence-electron chi connectivity index (χ1n) is 6.00. The van der Waals surface area contributed by atoms with Crippen LogP contribution in [0.5, 0.6) is 0 Å². The lowest BCUT2D eigenvalue weighted by Gasteiger charge is -2.05. The molecule has 0 aliphatic heterocycles. The van der Waals surface area contributed by atoms with Crippen molar-refractivity contribution in [2.75, 3.05) is 0 Å². The Bertz CT molecular complexity index is 565. The highest BCUT2D eigenvalue weighted by Gasteiger charge is 2.35. The van der Waals surface area contributed by atoms with E-state index in [1.54, 1.807) is 0 Å². The predicted octanol–water partition coefficient (Wildman–Crippen LogP) is 4.01. The lowest BCUT2D eigenvalue weighted by atomic mass is 10.3. The second-order valence-electron chi connectivity index (χ2n) is 4.98. The fourth-order valence-corrected chi connectivity index (χ4v) is 2.79. The molecule has 0 saturated heterocycles. The summed E-state index contributed by atoms with van der Waals surface area (Å²) >= 11 is 3.52. The fraction of sp³-hybridized carbons (Fsp3) is 0.462. The zero-order valence-corrected chi connectivity index (χ0v) is 10.6. The van der Waals surface area contributed by atoms with Crippen molar-refractivity contribution in [3.05, 3.63) is 28.5 Å². The molecule has 1 aromatic heterocycles. The molecule has 2 saturated carbocycles. The van der Waals surface area contributed by atoms with Gasteiger partial charge in [-0.25, -0.2) is 4.98 Å². The molecule has 2 aliphatic rings. The number of fused-ring (bicyclic) bond motifs is 1. The maximum absolute atomic E-state index is 4.83. The molecule has 0 spiro atoms. The van der Waals surface area contributed by atoms with Gasteiger partial charge in [0, 0.05) is 16.4 Å². The number of aromatic nitrogens is 2. The van der Waals surface area contributed by atoms with E-state index in [-0.39, 0.29) is 0 Å². The van der Waals surface area contributed by atoms with Crippen molar-refractivity contribution >= 4 is 27.0 Å². The van der Waals surface area contributed by atoms with Gasteiger partial charge in [0.15, 0.2) is 0 Å². The molecule has 0 amide bonds. The first-order chi connectivity index (χ1) is 7.83. The van der Waals surface area contributed by atoms with Gasteiger partial charge in [0.1, 0.15) is 5.82 Å². The van der Waals surface area contributed by atoms with Crippen molar-refractivity contribution in [1.29, 1.82) is 0 Å². The first kappa shape index (κ1) is 9.23. The van der Waals surface area contributed by atoms with Crippen LogP contribution in [-0.4, -0.2) is 9.55 Å². The molecule has 2 fully saturated rings. The summed E-state index contributed by atoms with van der Waals surface area (Å²) in [5.41, 5.74) is 2.48. The minimum absolute atomic E-state index is 0.738. The van der Waals surface area contributed by atoms with Gasteiger partial charge in [-0.1, -0.05) is 15.9 Å². The molecule has 16 heavy (non-hydrogen) atoms. The molecule has 0 unspecified atom stereocenters. The summed E-state index contributed by atoms with van der Waals surface area (Å²) in [7, 11) is 0. The van der Waals surface area contributed by atoms with E-state index < -0.39 is 0 Å². The Morgan fingerprint density at radius 2 is 2.00 bits per heavy atom. The standard InChI is InChI=1S/C13H13BrN2/c14-9-3-6-12-11(7-9)15-13(8-1-2-8)16(12)10-4-5-10/h3,6-8,10H,1-2,4-5H2. The molecule has 3 heteroatoms. The van der Waals surface area contributed by atoms with Crippen molar-refractivity contribution in [1.82, 2.24) is 9.55 Å². The summed E-state index contributed by atoms with van der Waals surface area (Å²) < 4.78 is 3.63. The largest absolute Gasteiger partial charge is 0.325 e. The molecule has 4 rings (SSSR count). The molecule has 0 radical (unpaired) electrons. The second-order valence-corrected chi connectivity index (χ2v) is 5.89. The Balaban J connectivity index is 2.00. The normalized spacial score (nSPS) is 20.6. The SMILES string of the molecule is Brc1ccc2c(c1)nc(C1CC1)n2C1CC1. The van der Waals surface area contributed by atoms with Gasteiger partial charge in [-0.2, -0.15) is 0 Å². The van der Waals surface area contributed by atoms with E-state index in [4.69, 9.17) is 4.98 Å². The molecule has 82 valence electrons.